The molecule has 5 nitrogen and oxygen atoms in total. The fourth-order valence-electron chi connectivity index (χ4n) is 4.44. The van der Waals surface area contributed by atoms with Crippen LogP contribution in [0.4, 0.5) is 11.6 Å². The van der Waals surface area contributed by atoms with Crippen LogP contribution in [0, 0.1) is 17.8 Å². The summed E-state index contributed by atoms with van der Waals surface area (Å²) >= 11 is 6.55. The van der Waals surface area contributed by atoms with Gasteiger partial charge in [-0.2, -0.15) is 0 Å². The number of nitrogens with zero attached hydrogens (tertiary/aromatic N) is 5. The first kappa shape index (κ1) is 19.1. The molecule has 2 fully saturated rings. The van der Waals surface area contributed by atoms with E-state index in [1.165, 1.54) is 0 Å². The number of piperidine rings is 1. The van der Waals surface area contributed by atoms with Gasteiger partial charge >= 0.3 is 0 Å². The van der Waals surface area contributed by atoms with Gasteiger partial charge in [0.05, 0.1) is 16.2 Å². The van der Waals surface area contributed by atoms with Crippen molar-refractivity contribution in [1.29, 1.82) is 0 Å². The van der Waals surface area contributed by atoms with Gasteiger partial charge in [-0.1, -0.05) is 29.8 Å². The Hall–Kier alpha value is -2.84. The summed E-state index contributed by atoms with van der Waals surface area (Å²) in [6.07, 6.45) is 5.78. The fourth-order valence-corrected chi connectivity index (χ4v) is 4.72. The monoisotopic (exact) mass is 417 g/mol. The minimum Gasteiger partial charge on any atom is -0.355 e. The lowest BCUT2D eigenvalue weighted by molar-refractivity contribution is 0.476. The molecule has 2 saturated heterocycles. The largest absolute Gasteiger partial charge is 0.355 e. The normalized spacial score (nSPS) is 17.5. The molecule has 152 valence electrons. The van der Waals surface area contributed by atoms with Gasteiger partial charge in [0, 0.05) is 55.8 Å². The molecule has 2 aliphatic rings. The molecule has 0 atom stereocenters. The Morgan fingerprint density at radius 1 is 1.00 bits per heavy atom. The topological polar surface area (TPSA) is 45.2 Å². The number of aromatic nitrogens is 3. The van der Waals surface area contributed by atoms with E-state index in [2.05, 4.69) is 21.6 Å². The third-order valence-corrected chi connectivity index (χ3v) is 6.35. The van der Waals surface area contributed by atoms with Crippen molar-refractivity contribution in [1.82, 2.24) is 15.0 Å². The molecule has 0 radical (unpaired) electrons. The lowest BCUT2D eigenvalue weighted by atomic mass is 9.93. The Labute approximate surface area is 182 Å². The van der Waals surface area contributed by atoms with E-state index in [0.717, 1.165) is 67.3 Å². The van der Waals surface area contributed by atoms with E-state index in [0.29, 0.717) is 16.9 Å². The molecule has 2 aromatic heterocycles. The summed E-state index contributed by atoms with van der Waals surface area (Å²) < 4.78 is 0. The molecule has 6 heteroatoms. The maximum atomic E-state index is 6.55. The SMILES string of the molecule is CC#CC1CCN(c2nccnc2C2CN(c3nc4ccccc4cc3Cl)C2)CC1. The summed E-state index contributed by atoms with van der Waals surface area (Å²) in [5.74, 6) is 9.11. The van der Waals surface area contributed by atoms with Crippen molar-refractivity contribution in [3.8, 4) is 11.8 Å². The molecule has 0 N–H and O–H groups in total. The van der Waals surface area contributed by atoms with E-state index in [4.69, 9.17) is 26.6 Å². The van der Waals surface area contributed by atoms with Crippen LogP contribution in [-0.2, 0) is 0 Å². The first-order valence-corrected chi connectivity index (χ1v) is 10.9. The number of hydrogen-bond acceptors (Lipinski definition) is 5. The molecular weight excluding hydrogens is 394 g/mol. The molecule has 0 saturated carbocycles. The predicted molar refractivity (Wildman–Crippen MR) is 122 cm³/mol. The Bertz CT molecular complexity index is 1120. The van der Waals surface area contributed by atoms with Gasteiger partial charge in [-0.05, 0) is 31.9 Å². The van der Waals surface area contributed by atoms with Crippen molar-refractivity contribution >= 4 is 34.1 Å². The average Bonchev–Trinajstić information content (AvgIpc) is 2.74. The van der Waals surface area contributed by atoms with Gasteiger partial charge in [0.25, 0.3) is 0 Å². The Kier molecular flexibility index (Phi) is 5.18. The average molecular weight is 418 g/mol. The zero-order valence-electron chi connectivity index (χ0n) is 17.1. The van der Waals surface area contributed by atoms with Crippen LogP contribution in [0.3, 0.4) is 0 Å². The number of hydrogen-bond donors (Lipinski definition) is 0. The summed E-state index contributed by atoms with van der Waals surface area (Å²) in [6.45, 7) is 5.61. The van der Waals surface area contributed by atoms with Crippen LogP contribution >= 0.6 is 11.6 Å². The van der Waals surface area contributed by atoms with E-state index in [1.54, 1.807) is 12.4 Å². The first-order valence-electron chi connectivity index (χ1n) is 10.5. The number of halogens is 1. The lowest BCUT2D eigenvalue weighted by Crippen LogP contribution is -2.47. The van der Waals surface area contributed by atoms with Gasteiger partial charge in [0.1, 0.15) is 5.82 Å². The molecule has 1 aromatic carbocycles. The van der Waals surface area contributed by atoms with E-state index >= 15 is 0 Å². The van der Waals surface area contributed by atoms with Crippen molar-refractivity contribution in [3.05, 3.63) is 53.4 Å². The number of pyridine rings is 1. The highest BCUT2D eigenvalue weighted by Crippen LogP contribution is 2.38. The highest BCUT2D eigenvalue weighted by Gasteiger charge is 2.35. The van der Waals surface area contributed by atoms with Crippen LogP contribution in [-0.4, -0.2) is 41.1 Å². The first-order chi connectivity index (χ1) is 14.7. The number of fused-ring (bicyclic) bond motifs is 1. The van der Waals surface area contributed by atoms with E-state index < -0.39 is 0 Å². The Morgan fingerprint density at radius 2 is 1.77 bits per heavy atom. The van der Waals surface area contributed by atoms with Gasteiger partial charge in [-0.15, -0.1) is 11.8 Å². The van der Waals surface area contributed by atoms with Crippen molar-refractivity contribution in [2.45, 2.75) is 25.7 Å². The quantitative estimate of drug-likeness (QED) is 0.586. The van der Waals surface area contributed by atoms with Crippen LogP contribution in [0.25, 0.3) is 10.9 Å². The van der Waals surface area contributed by atoms with Gasteiger partial charge in [-0.3, -0.25) is 4.98 Å². The van der Waals surface area contributed by atoms with Crippen LogP contribution in [0.15, 0.2) is 42.7 Å². The van der Waals surface area contributed by atoms with Gasteiger partial charge in [0.15, 0.2) is 5.82 Å². The number of para-hydroxylation sites is 1. The molecule has 3 aromatic rings. The Balaban J connectivity index is 1.32. The van der Waals surface area contributed by atoms with E-state index in [-0.39, 0.29) is 0 Å². The lowest BCUT2D eigenvalue weighted by Gasteiger charge is -2.42. The highest BCUT2D eigenvalue weighted by molar-refractivity contribution is 6.33. The number of rotatable bonds is 3. The van der Waals surface area contributed by atoms with Crippen LogP contribution in [0.5, 0.6) is 0 Å². The standard InChI is InChI=1S/C24H24ClN5/c1-2-5-17-8-12-29(13-9-17)24-22(26-10-11-27-24)19-15-30(16-19)23-20(25)14-18-6-3-4-7-21(18)28-23/h3-4,6-7,10-11,14,17,19H,8-9,12-13,15-16H2,1H3. The molecule has 30 heavy (non-hydrogen) atoms. The van der Waals surface area contributed by atoms with Crippen molar-refractivity contribution in [3.63, 3.8) is 0 Å². The minimum atomic E-state index is 0.339. The van der Waals surface area contributed by atoms with E-state index in [9.17, 15) is 0 Å². The van der Waals surface area contributed by atoms with Gasteiger partial charge in [-0.25, -0.2) is 9.97 Å². The van der Waals surface area contributed by atoms with Crippen LogP contribution in [0.2, 0.25) is 5.02 Å². The second kappa shape index (κ2) is 8.12. The molecule has 0 unspecified atom stereocenters. The van der Waals surface area contributed by atoms with Crippen LogP contribution in [0.1, 0.15) is 31.4 Å². The summed E-state index contributed by atoms with van der Waals surface area (Å²) in [6, 6.07) is 10.1. The molecule has 0 spiro atoms. The Morgan fingerprint density at radius 3 is 2.57 bits per heavy atom. The van der Waals surface area contributed by atoms with Crippen LogP contribution < -0.4 is 9.80 Å². The number of benzene rings is 1. The van der Waals surface area contributed by atoms with E-state index in [1.807, 2.05) is 37.3 Å². The van der Waals surface area contributed by atoms with Gasteiger partial charge in [0.2, 0.25) is 0 Å². The molecule has 0 amide bonds. The molecule has 2 aliphatic heterocycles. The van der Waals surface area contributed by atoms with Gasteiger partial charge < -0.3 is 9.80 Å². The maximum Gasteiger partial charge on any atom is 0.150 e. The number of anilines is 2. The second-order valence-electron chi connectivity index (χ2n) is 8.01. The fraction of sp³-hybridized carbons (Fsp3) is 0.375. The maximum absolute atomic E-state index is 6.55. The minimum absolute atomic E-state index is 0.339. The summed E-state index contributed by atoms with van der Waals surface area (Å²) in [7, 11) is 0. The third kappa shape index (κ3) is 3.57. The highest BCUT2D eigenvalue weighted by atomic mass is 35.5. The summed E-state index contributed by atoms with van der Waals surface area (Å²) in [5, 5.41) is 1.77. The molecule has 4 heterocycles. The second-order valence-corrected chi connectivity index (χ2v) is 8.42. The van der Waals surface area contributed by atoms with Crippen molar-refractivity contribution in [2.24, 2.45) is 5.92 Å². The summed E-state index contributed by atoms with van der Waals surface area (Å²) in [5.41, 5.74) is 2.06. The molecule has 0 bridgehead atoms. The molecule has 0 aliphatic carbocycles. The zero-order valence-corrected chi connectivity index (χ0v) is 17.8. The summed E-state index contributed by atoms with van der Waals surface area (Å²) in [4.78, 5) is 18.8. The molecule has 5 rings (SSSR count). The third-order valence-electron chi connectivity index (χ3n) is 6.08. The van der Waals surface area contributed by atoms with Crippen molar-refractivity contribution in [2.75, 3.05) is 36.0 Å². The molecular formula is C24H24ClN5. The van der Waals surface area contributed by atoms with Crippen molar-refractivity contribution < 1.29 is 0 Å². The zero-order chi connectivity index (χ0) is 20.5. The smallest absolute Gasteiger partial charge is 0.150 e. The predicted octanol–water partition coefficient (Wildman–Crippen LogP) is 4.52.